The van der Waals surface area contributed by atoms with Crippen LogP contribution in [0, 0.1) is 0 Å². The van der Waals surface area contributed by atoms with E-state index in [1.807, 2.05) is 42.5 Å². The first-order valence-corrected chi connectivity index (χ1v) is 6.75. The molecule has 0 unspecified atom stereocenters. The van der Waals surface area contributed by atoms with Gasteiger partial charge in [0.2, 0.25) is 0 Å². The number of fused-ring (bicyclic) bond motifs is 1. The van der Waals surface area contributed by atoms with Gasteiger partial charge in [-0.15, -0.1) is 0 Å². The molecule has 0 atom stereocenters. The van der Waals surface area contributed by atoms with Gasteiger partial charge in [-0.3, -0.25) is 0 Å². The highest BCUT2D eigenvalue weighted by atomic mass is 79.9. The van der Waals surface area contributed by atoms with Crippen LogP contribution < -0.4 is 10.5 Å². The number of benzene rings is 2. The van der Waals surface area contributed by atoms with E-state index in [0.717, 1.165) is 32.5 Å². The summed E-state index contributed by atoms with van der Waals surface area (Å²) in [6.45, 7) is 0.510. The Kier molecular flexibility index (Phi) is 3.17. The average Bonchev–Trinajstić information content (AvgIpc) is 2.80. The van der Waals surface area contributed by atoms with Crippen molar-refractivity contribution >= 4 is 32.5 Å². The summed E-state index contributed by atoms with van der Waals surface area (Å²) in [5.74, 6) is 0.848. The first-order chi connectivity index (χ1) is 9.20. The predicted octanol–water partition coefficient (Wildman–Crippen LogP) is 4.09. The number of halogens is 1. The van der Waals surface area contributed by atoms with E-state index in [2.05, 4.69) is 27.0 Å². The van der Waals surface area contributed by atoms with Gasteiger partial charge in [-0.2, -0.15) is 0 Å². The molecule has 0 amide bonds. The molecule has 4 heteroatoms. The summed E-state index contributed by atoms with van der Waals surface area (Å²) in [7, 11) is 0. The molecule has 3 rings (SSSR count). The Labute approximate surface area is 119 Å². The van der Waals surface area contributed by atoms with Crippen molar-refractivity contribution in [3.05, 3.63) is 58.7 Å². The minimum atomic E-state index is 0.510. The second-order valence-electron chi connectivity index (χ2n) is 4.38. The van der Waals surface area contributed by atoms with Crippen LogP contribution in [0.25, 0.3) is 10.9 Å². The van der Waals surface area contributed by atoms with Gasteiger partial charge in [-0.25, -0.2) is 0 Å². The standard InChI is InChI=1S/C15H13BrN2O/c16-11-2-5-14(6-3-11)19-9-13-7-10-1-4-12(17)8-15(10)18-13/h1-8,18H,9,17H2. The zero-order valence-corrected chi connectivity index (χ0v) is 11.8. The minimum absolute atomic E-state index is 0.510. The number of aromatic nitrogens is 1. The van der Waals surface area contributed by atoms with Crippen LogP contribution in [0.5, 0.6) is 5.75 Å². The Morgan fingerprint density at radius 3 is 2.63 bits per heavy atom. The van der Waals surface area contributed by atoms with E-state index < -0.39 is 0 Å². The molecule has 0 aliphatic carbocycles. The molecular formula is C15H13BrN2O. The van der Waals surface area contributed by atoms with Crippen molar-refractivity contribution in [3.63, 3.8) is 0 Å². The van der Waals surface area contributed by atoms with Crippen molar-refractivity contribution in [2.45, 2.75) is 6.61 Å². The molecule has 0 saturated heterocycles. The lowest BCUT2D eigenvalue weighted by Crippen LogP contribution is -1.95. The van der Waals surface area contributed by atoms with Gasteiger partial charge in [0.25, 0.3) is 0 Å². The summed E-state index contributed by atoms with van der Waals surface area (Å²) in [6.07, 6.45) is 0. The smallest absolute Gasteiger partial charge is 0.128 e. The second kappa shape index (κ2) is 4.97. The summed E-state index contributed by atoms with van der Waals surface area (Å²) in [5, 5.41) is 1.14. The summed E-state index contributed by atoms with van der Waals surface area (Å²) in [6, 6.07) is 15.7. The fourth-order valence-corrected chi connectivity index (χ4v) is 2.24. The molecule has 19 heavy (non-hydrogen) atoms. The van der Waals surface area contributed by atoms with Gasteiger partial charge in [0.15, 0.2) is 0 Å². The van der Waals surface area contributed by atoms with Gasteiger partial charge in [0.05, 0.1) is 5.69 Å². The highest BCUT2D eigenvalue weighted by Gasteiger charge is 2.02. The van der Waals surface area contributed by atoms with E-state index in [1.165, 1.54) is 0 Å². The molecular weight excluding hydrogens is 304 g/mol. The maximum Gasteiger partial charge on any atom is 0.128 e. The molecule has 1 heterocycles. The Bertz CT molecular complexity index is 704. The molecule has 1 aromatic heterocycles. The Balaban J connectivity index is 1.76. The number of nitrogens with one attached hydrogen (secondary N) is 1. The monoisotopic (exact) mass is 316 g/mol. The topological polar surface area (TPSA) is 51.0 Å². The first kappa shape index (κ1) is 12.1. The molecule has 0 saturated carbocycles. The van der Waals surface area contributed by atoms with Crippen LogP contribution in [-0.4, -0.2) is 4.98 Å². The van der Waals surface area contributed by atoms with Crippen molar-refractivity contribution in [1.29, 1.82) is 0 Å². The van der Waals surface area contributed by atoms with Crippen LogP contribution in [0.3, 0.4) is 0 Å². The number of ether oxygens (including phenoxy) is 1. The summed E-state index contributed by atoms with van der Waals surface area (Å²) >= 11 is 3.40. The van der Waals surface area contributed by atoms with Crippen molar-refractivity contribution in [2.75, 3.05) is 5.73 Å². The number of rotatable bonds is 3. The third-order valence-electron chi connectivity index (χ3n) is 2.91. The fraction of sp³-hybridized carbons (Fsp3) is 0.0667. The first-order valence-electron chi connectivity index (χ1n) is 5.96. The van der Waals surface area contributed by atoms with Crippen LogP contribution >= 0.6 is 15.9 Å². The molecule has 0 radical (unpaired) electrons. The van der Waals surface area contributed by atoms with Crippen LogP contribution in [0.4, 0.5) is 5.69 Å². The van der Waals surface area contributed by atoms with Crippen molar-refractivity contribution < 1.29 is 4.74 Å². The van der Waals surface area contributed by atoms with Crippen LogP contribution in [0.15, 0.2) is 53.0 Å². The van der Waals surface area contributed by atoms with Crippen molar-refractivity contribution in [3.8, 4) is 5.75 Å². The zero-order chi connectivity index (χ0) is 13.2. The second-order valence-corrected chi connectivity index (χ2v) is 5.30. The van der Waals surface area contributed by atoms with Crippen molar-refractivity contribution in [2.24, 2.45) is 0 Å². The molecule has 0 fully saturated rings. The maximum atomic E-state index is 5.76. The summed E-state index contributed by atoms with van der Waals surface area (Å²) in [4.78, 5) is 3.30. The molecule has 0 spiro atoms. The van der Waals surface area contributed by atoms with E-state index >= 15 is 0 Å². The quantitative estimate of drug-likeness (QED) is 0.715. The van der Waals surface area contributed by atoms with E-state index in [4.69, 9.17) is 10.5 Å². The molecule has 3 nitrogen and oxygen atoms in total. The third-order valence-corrected chi connectivity index (χ3v) is 3.44. The average molecular weight is 317 g/mol. The van der Waals surface area contributed by atoms with Crippen LogP contribution in [-0.2, 0) is 6.61 Å². The molecule has 3 N–H and O–H groups in total. The lowest BCUT2D eigenvalue weighted by atomic mass is 10.2. The molecule has 0 aliphatic rings. The molecule has 0 aliphatic heterocycles. The van der Waals surface area contributed by atoms with E-state index in [-0.39, 0.29) is 0 Å². The zero-order valence-electron chi connectivity index (χ0n) is 10.2. The van der Waals surface area contributed by atoms with Gasteiger partial charge < -0.3 is 15.5 Å². The van der Waals surface area contributed by atoms with Gasteiger partial charge in [0, 0.05) is 15.7 Å². The van der Waals surface area contributed by atoms with E-state index in [9.17, 15) is 0 Å². The lowest BCUT2D eigenvalue weighted by molar-refractivity contribution is 0.302. The Morgan fingerprint density at radius 2 is 1.84 bits per heavy atom. The predicted molar refractivity (Wildman–Crippen MR) is 81.2 cm³/mol. The SMILES string of the molecule is Nc1ccc2cc(COc3ccc(Br)cc3)[nH]c2c1. The normalized spacial score (nSPS) is 10.8. The fourth-order valence-electron chi connectivity index (χ4n) is 1.97. The number of hydrogen-bond acceptors (Lipinski definition) is 2. The largest absolute Gasteiger partial charge is 0.487 e. The van der Waals surface area contributed by atoms with Gasteiger partial charge in [-0.1, -0.05) is 22.0 Å². The van der Waals surface area contributed by atoms with Crippen LogP contribution in [0.1, 0.15) is 5.69 Å². The number of nitrogen functional groups attached to an aromatic ring is 1. The lowest BCUT2D eigenvalue weighted by Gasteiger charge is -2.04. The summed E-state index contributed by atoms with van der Waals surface area (Å²) < 4.78 is 6.77. The van der Waals surface area contributed by atoms with Gasteiger partial charge in [0.1, 0.15) is 12.4 Å². The molecule has 0 bridgehead atoms. The highest BCUT2D eigenvalue weighted by molar-refractivity contribution is 9.10. The number of nitrogens with two attached hydrogens (primary N) is 1. The number of hydrogen-bond donors (Lipinski definition) is 2. The summed E-state index contributed by atoms with van der Waals surface area (Å²) in [5.41, 5.74) is 8.58. The minimum Gasteiger partial charge on any atom is -0.487 e. The van der Waals surface area contributed by atoms with E-state index in [0.29, 0.717) is 6.61 Å². The number of aromatic amines is 1. The molecule has 96 valence electrons. The van der Waals surface area contributed by atoms with Crippen molar-refractivity contribution in [1.82, 2.24) is 4.98 Å². The maximum absolute atomic E-state index is 5.76. The number of H-pyrrole nitrogens is 1. The molecule has 3 aromatic rings. The van der Waals surface area contributed by atoms with Gasteiger partial charge >= 0.3 is 0 Å². The third kappa shape index (κ3) is 2.74. The Morgan fingerprint density at radius 1 is 1.05 bits per heavy atom. The highest BCUT2D eigenvalue weighted by Crippen LogP contribution is 2.20. The molecule has 2 aromatic carbocycles. The van der Waals surface area contributed by atoms with Crippen LogP contribution in [0.2, 0.25) is 0 Å². The van der Waals surface area contributed by atoms with E-state index in [1.54, 1.807) is 0 Å². The van der Waals surface area contributed by atoms with Gasteiger partial charge in [-0.05, 0) is 47.9 Å². The number of anilines is 1. The Hall–Kier alpha value is -1.94.